The van der Waals surface area contributed by atoms with Crippen molar-refractivity contribution in [1.82, 2.24) is 14.6 Å². The van der Waals surface area contributed by atoms with Gasteiger partial charge in [0.05, 0.1) is 6.54 Å². The predicted octanol–water partition coefficient (Wildman–Crippen LogP) is 0.346. The third kappa shape index (κ3) is 4.51. The molecule has 1 rings (SSSR count). The van der Waals surface area contributed by atoms with Crippen molar-refractivity contribution >= 4 is 15.9 Å². The number of likely N-dealkylation sites (N-methyl/N-ethyl adjacent to an activating group) is 1. The molecule has 7 nitrogen and oxygen atoms in total. The van der Waals surface area contributed by atoms with E-state index in [0.717, 1.165) is 4.31 Å². The summed E-state index contributed by atoms with van der Waals surface area (Å²) in [5.41, 5.74) is -0.188. The lowest BCUT2D eigenvalue weighted by Gasteiger charge is -2.17. The molecule has 0 bridgehead atoms. The predicted molar refractivity (Wildman–Crippen MR) is 76.6 cm³/mol. The number of sulfonamides is 1. The molecule has 0 saturated carbocycles. The third-order valence-electron chi connectivity index (χ3n) is 2.64. The van der Waals surface area contributed by atoms with Crippen molar-refractivity contribution in [3.63, 3.8) is 0 Å². The van der Waals surface area contributed by atoms with Crippen LogP contribution in [0.4, 0.5) is 0 Å². The largest absolute Gasteiger partial charge is 0.355 e. The van der Waals surface area contributed by atoms with Crippen LogP contribution in [-0.2, 0) is 14.8 Å². The summed E-state index contributed by atoms with van der Waals surface area (Å²) in [6.07, 6.45) is 1.34. The van der Waals surface area contributed by atoms with E-state index in [1.165, 1.54) is 25.4 Å². The monoisotopic (exact) mass is 310 g/mol. The summed E-state index contributed by atoms with van der Waals surface area (Å²) in [6, 6.07) is 4.46. The number of nitrogens with zero attached hydrogens (tertiary/aromatic N) is 3. The molecule has 0 aliphatic carbocycles. The van der Waals surface area contributed by atoms with E-state index >= 15 is 0 Å². The summed E-state index contributed by atoms with van der Waals surface area (Å²) in [7, 11) is -2.64. The van der Waals surface area contributed by atoms with E-state index in [9.17, 15) is 13.2 Å². The average molecular weight is 310 g/mol. The van der Waals surface area contributed by atoms with Crippen LogP contribution in [0, 0.1) is 17.2 Å². The molecular weight excluding hydrogens is 292 g/mol. The minimum absolute atomic E-state index is 0.188. The molecule has 21 heavy (non-hydrogen) atoms. The number of rotatable bonds is 6. The Morgan fingerprint density at radius 2 is 2.19 bits per heavy atom. The second-order valence-electron chi connectivity index (χ2n) is 4.92. The summed E-state index contributed by atoms with van der Waals surface area (Å²) in [5.74, 6) is -0.114. The van der Waals surface area contributed by atoms with E-state index < -0.39 is 15.9 Å². The Morgan fingerprint density at radius 3 is 2.76 bits per heavy atom. The maximum absolute atomic E-state index is 12.3. The number of pyridine rings is 1. The van der Waals surface area contributed by atoms with Crippen molar-refractivity contribution in [3.8, 4) is 6.07 Å². The molecule has 1 aromatic rings. The number of nitriles is 1. The smallest absolute Gasteiger partial charge is 0.246 e. The number of aromatic nitrogens is 1. The first-order valence-corrected chi connectivity index (χ1v) is 7.81. The molecule has 0 fully saturated rings. The molecule has 0 aliphatic heterocycles. The molecule has 0 unspecified atom stereocenters. The van der Waals surface area contributed by atoms with E-state index in [1.807, 2.05) is 13.8 Å². The van der Waals surface area contributed by atoms with Crippen LogP contribution in [-0.4, -0.2) is 43.8 Å². The Hall–Kier alpha value is -1.98. The molecule has 114 valence electrons. The summed E-state index contributed by atoms with van der Waals surface area (Å²) in [6.45, 7) is 4.04. The normalized spacial score (nSPS) is 11.4. The van der Waals surface area contributed by atoms with Crippen molar-refractivity contribution in [2.45, 2.75) is 18.7 Å². The SMILES string of the molecule is CC(C)CNC(=O)CN(C)S(=O)(=O)c1cccnc1C#N. The molecule has 0 atom stereocenters. The second kappa shape index (κ2) is 7.15. The first-order valence-electron chi connectivity index (χ1n) is 6.37. The number of amides is 1. The molecule has 0 aliphatic rings. The van der Waals surface area contributed by atoms with Crippen LogP contribution in [0.15, 0.2) is 23.2 Å². The Morgan fingerprint density at radius 1 is 1.52 bits per heavy atom. The van der Waals surface area contributed by atoms with Crippen molar-refractivity contribution in [2.75, 3.05) is 20.1 Å². The van der Waals surface area contributed by atoms with Crippen LogP contribution >= 0.6 is 0 Å². The average Bonchev–Trinajstić information content (AvgIpc) is 2.44. The fourth-order valence-corrected chi connectivity index (χ4v) is 2.73. The van der Waals surface area contributed by atoms with E-state index in [1.54, 1.807) is 6.07 Å². The fourth-order valence-electron chi connectivity index (χ4n) is 1.51. The van der Waals surface area contributed by atoms with Gasteiger partial charge < -0.3 is 5.32 Å². The fraction of sp³-hybridized carbons (Fsp3) is 0.462. The first kappa shape index (κ1) is 17.1. The van der Waals surface area contributed by atoms with Gasteiger partial charge in [-0.2, -0.15) is 9.57 Å². The van der Waals surface area contributed by atoms with Crippen LogP contribution in [0.25, 0.3) is 0 Å². The van der Waals surface area contributed by atoms with Gasteiger partial charge in [-0.05, 0) is 18.1 Å². The van der Waals surface area contributed by atoms with Gasteiger partial charge in [0.2, 0.25) is 15.9 Å². The topological polar surface area (TPSA) is 103 Å². The number of carbonyl (C=O) groups excluding carboxylic acids is 1. The van der Waals surface area contributed by atoms with Gasteiger partial charge >= 0.3 is 0 Å². The van der Waals surface area contributed by atoms with Gasteiger partial charge in [-0.25, -0.2) is 13.4 Å². The molecule has 1 aromatic heterocycles. The van der Waals surface area contributed by atoms with Gasteiger partial charge in [-0.3, -0.25) is 4.79 Å². The number of hydrogen-bond acceptors (Lipinski definition) is 5. The molecule has 0 spiro atoms. The standard InChI is InChI=1S/C13H18N4O3S/c1-10(2)8-16-13(18)9-17(3)21(19,20)12-5-4-6-15-11(12)7-14/h4-6,10H,8-9H2,1-3H3,(H,16,18). The van der Waals surface area contributed by atoms with E-state index in [4.69, 9.17) is 5.26 Å². The number of hydrogen-bond donors (Lipinski definition) is 1. The maximum Gasteiger partial charge on any atom is 0.246 e. The lowest BCUT2D eigenvalue weighted by atomic mass is 10.2. The zero-order valence-electron chi connectivity index (χ0n) is 12.2. The maximum atomic E-state index is 12.3. The van der Waals surface area contributed by atoms with Gasteiger partial charge in [0.15, 0.2) is 5.69 Å². The van der Waals surface area contributed by atoms with Crippen molar-refractivity contribution in [2.24, 2.45) is 5.92 Å². The first-order chi connectivity index (χ1) is 9.78. The van der Waals surface area contributed by atoms with Crippen LogP contribution in [0.5, 0.6) is 0 Å². The van der Waals surface area contributed by atoms with E-state index in [-0.39, 0.29) is 23.1 Å². The highest BCUT2D eigenvalue weighted by atomic mass is 32.2. The molecule has 0 aromatic carbocycles. The van der Waals surface area contributed by atoms with Crippen molar-refractivity contribution < 1.29 is 13.2 Å². The zero-order chi connectivity index (χ0) is 16.0. The zero-order valence-corrected chi connectivity index (χ0v) is 13.0. The van der Waals surface area contributed by atoms with Gasteiger partial charge in [0.1, 0.15) is 11.0 Å². The van der Waals surface area contributed by atoms with Gasteiger partial charge in [0, 0.05) is 19.8 Å². The second-order valence-corrected chi connectivity index (χ2v) is 6.93. The van der Waals surface area contributed by atoms with Crippen molar-refractivity contribution in [1.29, 1.82) is 5.26 Å². The molecule has 1 N–H and O–H groups in total. The van der Waals surface area contributed by atoms with Crippen LogP contribution in [0.1, 0.15) is 19.5 Å². The minimum Gasteiger partial charge on any atom is -0.355 e. The molecule has 1 heterocycles. The Balaban J connectivity index is 2.88. The highest BCUT2D eigenvalue weighted by Gasteiger charge is 2.26. The summed E-state index contributed by atoms with van der Waals surface area (Å²) < 4.78 is 25.6. The number of carbonyl (C=O) groups is 1. The summed E-state index contributed by atoms with van der Waals surface area (Å²) >= 11 is 0. The molecule has 0 saturated heterocycles. The minimum atomic E-state index is -3.93. The van der Waals surface area contributed by atoms with Crippen LogP contribution < -0.4 is 5.32 Å². The molecule has 1 amide bonds. The number of nitrogens with one attached hydrogen (secondary N) is 1. The van der Waals surface area contributed by atoms with E-state index in [2.05, 4.69) is 10.3 Å². The molecule has 8 heteroatoms. The van der Waals surface area contributed by atoms with Gasteiger partial charge in [-0.1, -0.05) is 13.8 Å². The Labute approximate surface area is 124 Å². The lowest BCUT2D eigenvalue weighted by Crippen LogP contribution is -2.39. The Bertz CT molecular complexity index is 650. The highest BCUT2D eigenvalue weighted by Crippen LogP contribution is 2.16. The quantitative estimate of drug-likeness (QED) is 0.816. The molecular formula is C13H18N4O3S. The van der Waals surface area contributed by atoms with Gasteiger partial charge in [0.25, 0.3) is 0 Å². The molecule has 0 radical (unpaired) electrons. The third-order valence-corrected chi connectivity index (χ3v) is 4.47. The Kier molecular flexibility index (Phi) is 5.81. The van der Waals surface area contributed by atoms with E-state index in [0.29, 0.717) is 6.54 Å². The van der Waals surface area contributed by atoms with Gasteiger partial charge in [-0.15, -0.1) is 0 Å². The summed E-state index contributed by atoms with van der Waals surface area (Å²) in [5, 5.41) is 11.6. The van der Waals surface area contributed by atoms with Crippen molar-refractivity contribution in [3.05, 3.63) is 24.0 Å². The highest BCUT2D eigenvalue weighted by molar-refractivity contribution is 7.89. The lowest BCUT2D eigenvalue weighted by molar-refractivity contribution is -0.121. The van der Waals surface area contributed by atoms with Crippen LogP contribution in [0.2, 0.25) is 0 Å². The summed E-state index contributed by atoms with van der Waals surface area (Å²) in [4.78, 5) is 15.2. The van der Waals surface area contributed by atoms with Crippen LogP contribution in [0.3, 0.4) is 0 Å².